The van der Waals surface area contributed by atoms with Crippen LogP contribution in [0.15, 0.2) is 24.3 Å². The minimum absolute atomic E-state index is 0.139. The van der Waals surface area contributed by atoms with Crippen molar-refractivity contribution in [2.45, 2.75) is 18.6 Å². The van der Waals surface area contributed by atoms with Gasteiger partial charge in [-0.3, -0.25) is 4.79 Å². The van der Waals surface area contributed by atoms with Crippen molar-refractivity contribution in [2.75, 3.05) is 13.7 Å². The van der Waals surface area contributed by atoms with Gasteiger partial charge < -0.3 is 15.2 Å². The molecule has 4 heteroatoms. The standard InChI is InChI=1S/C12H15NO3/c1-15-11(14)6-12(13)8-16-7-9-4-2-3-5-10(9)12/h2-5H,6-8,13H2,1H3/t12-/m1/s1. The summed E-state index contributed by atoms with van der Waals surface area (Å²) in [4.78, 5) is 11.3. The van der Waals surface area contributed by atoms with Crippen molar-refractivity contribution in [3.63, 3.8) is 0 Å². The largest absolute Gasteiger partial charge is 0.469 e. The molecule has 0 fully saturated rings. The number of rotatable bonds is 2. The van der Waals surface area contributed by atoms with E-state index < -0.39 is 5.54 Å². The van der Waals surface area contributed by atoms with Crippen LogP contribution >= 0.6 is 0 Å². The molecule has 1 heterocycles. The van der Waals surface area contributed by atoms with Gasteiger partial charge in [0.2, 0.25) is 0 Å². The third kappa shape index (κ3) is 1.94. The van der Waals surface area contributed by atoms with Crippen LogP contribution in [0.3, 0.4) is 0 Å². The highest BCUT2D eigenvalue weighted by atomic mass is 16.5. The van der Waals surface area contributed by atoms with E-state index in [4.69, 9.17) is 10.5 Å². The smallest absolute Gasteiger partial charge is 0.307 e. The first-order chi connectivity index (χ1) is 7.65. The second-order valence-corrected chi connectivity index (χ2v) is 4.06. The van der Waals surface area contributed by atoms with Crippen molar-refractivity contribution in [1.29, 1.82) is 0 Å². The Bertz CT molecular complexity index is 405. The van der Waals surface area contributed by atoms with E-state index in [-0.39, 0.29) is 12.4 Å². The molecule has 0 aromatic heterocycles. The quantitative estimate of drug-likeness (QED) is 0.755. The molecule has 0 aliphatic carbocycles. The summed E-state index contributed by atoms with van der Waals surface area (Å²) in [5, 5.41) is 0. The molecule has 16 heavy (non-hydrogen) atoms. The van der Waals surface area contributed by atoms with Gasteiger partial charge in [-0.1, -0.05) is 24.3 Å². The summed E-state index contributed by atoms with van der Waals surface area (Å²) >= 11 is 0. The van der Waals surface area contributed by atoms with Crippen molar-refractivity contribution in [1.82, 2.24) is 0 Å². The third-order valence-electron chi connectivity index (χ3n) is 2.86. The zero-order valence-corrected chi connectivity index (χ0v) is 9.23. The molecule has 1 aliphatic heterocycles. The molecule has 0 saturated heterocycles. The second-order valence-electron chi connectivity index (χ2n) is 4.06. The van der Waals surface area contributed by atoms with Crippen molar-refractivity contribution in [3.8, 4) is 0 Å². The summed E-state index contributed by atoms with van der Waals surface area (Å²) in [6.45, 7) is 0.898. The Kier molecular flexibility index (Phi) is 2.94. The first-order valence-electron chi connectivity index (χ1n) is 5.17. The van der Waals surface area contributed by atoms with Crippen LogP contribution < -0.4 is 5.73 Å². The third-order valence-corrected chi connectivity index (χ3v) is 2.86. The number of hydrogen-bond acceptors (Lipinski definition) is 4. The molecule has 2 rings (SSSR count). The van der Waals surface area contributed by atoms with Gasteiger partial charge in [0, 0.05) is 0 Å². The molecule has 0 radical (unpaired) electrons. The Morgan fingerprint density at radius 3 is 3.06 bits per heavy atom. The van der Waals surface area contributed by atoms with E-state index in [2.05, 4.69) is 4.74 Å². The van der Waals surface area contributed by atoms with Crippen LogP contribution in [0.2, 0.25) is 0 Å². The maximum absolute atomic E-state index is 11.3. The lowest BCUT2D eigenvalue weighted by molar-refractivity contribution is -0.143. The molecule has 1 aromatic rings. The van der Waals surface area contributed by atoms with Gasteiger partial charge >= 0.3 is 5.97 Å². The number of methoxy groups -OCH3 is 1. The minimum Gasteiger partial charge on any atom is -0.469 e. The molecule has 0 spiro atoms. The maximum atomic E-state index is 11.3. The molecule has 1 atom stereocenters. The number of carbonyl (C=O) groups excluding carboxylic acids is 1. The van der Waals surface area contributed by atoms with E-state index in [0.717, 1.165) is 11.1 Å². The van der Waals surface area contributed by atoms with Gasteiger partial charge in [-0.2, -0.15) is 0 Å². The van der Waals surface area contributed by atoms with Gasteiger partial charge in [-0.15, -0.1) is 0 Å². The minimum atomic E-state index is -0.762. The van der Waals surface area contributed by atoms with E-state index in [1.807, 2.05) is 24.3 Å². The number of nitrogens with two attached hydrogens (primary N) is 1. The van der Waals surface area contributed by atoms with Crippen LogP contribution in [-0.2, 0) is 26.4 Å². The fourth-order valence-electron chi connectivity index (χ4n) is 2.03. The van der Waals surface area contributed by atoms with Crippen LogP contribution in [0.4, 0.5) is 0 Å². The Balaban J connectivity index is 2.32. The molecule has 0 bridgehead atoms. The number of esters is 1. The molecule has 1 aliphatic rings. The van der Waals surface area contributed by atoms with Gasteiger partial charge in [-0.05, 0) is 11.1 Å². The number of ether oxygens (including phenoxy) is 2. The van der Waals surface area contributed by atoms with Crippen molar-refractivity contribution in [2.24, 2.45) is 5.73 Å². The average Bonchev–Trinajstić information content (AvgIpc) is 2.29. The predicted molar refractivity (Wildman–Crippen MR) is 58.6 cm³/mol. The van der Waals surface area contributed by atoms with E-state index in [9.17, 15) is 4.79 Å². The lowest BCUT2D eigenvalue weighted by atomic mass is 9.84. The Hall–Kier alpha value is -1.39. The molecule has 0 amide bonds. The zero-order chi connectivity index (χ0) is 11.6. The first kappa shape index (κ1) is 11.1. The van der Waals surface area contributed by atoms with Gasteiger partial charge in [-0.25, -0.2) is 0 Å². The van der Waals surface area contributed by atoms with Crippen LogP contribution in [0.1, 0.15) is 17.5 Å². The van der Waals surface area contributed by atoms with Crippen LogP contribution in [0, 0.1) is 0 Å². The van der Waals surface area contributed by atoms with Crippen molar-refractivity contribution < 1.29 is 14.3 Å². The maximum Gasteiger partial charge on any atom is 0.307 e. The molecule has 2 N–H and O–H groups in total. The highest BCUT2D eigenvalue weighted by molar-refractivity contribution is 5.71. The van der Waals surface area contributed by atoms with Crippen LogP contribution in [0.5, 0.6) is 0 Å². The normalized spacial score (nSPS) is 23.6. The average molecular weight is 221 g/mol. The second kappa shape index (κ2) is 4.23. The Labute approximate surface area is 94.3 Å². The molecule has 0 unspecified atom stereocenters. The fourth-order valence-corrected chi connectivity index (χ4v) is 2.03. The van der Waals surface area contributed by atoms with Crippen LogP contribution in [0.25, 0.3) is 0 Å². The Morgan fingerprint density at radius 1 is 1.56 bits per heavy atom. The summed E-state index contributed by atoms with van der Waals surface area (Å²) in [7, 11) is 1.36. The number of carbonyl (C=O) groups is 1. The molecule has 1 aromatic carbocycles. The topological polar surface area (TPSA) is 61.5 Å². The Morgan fingerprint density at radius 2 is 2.31 bits per heavy atom. The van der Waals surface area contributed by atoms with E-state index in [0.29, 0.717) is 13.2 Å². The monoisotopic (exact) mass is 221 g/mol. The van der Waals surface area contributed by atoms with E-state index >= 15 is 0 Å². The van der Waals surface area contributed by atoms with Crippen molar-refractivity contribution in [3.05, 3.63) is 35.4 Å². The first-order valence-corrected chi connectivity index (χ1v) is 5.17. The van der Waals surface area contributed by atoms with Gasteiger partial charge in [0.05, 0.1) is 32.3 Å². The SMILES string of the molecule is COC(=O)C[C@@]1(N)COCc2ccccc21. The number of benzene rings is 1. The zero-order valence-electron chi connectivity index (χ0n) is 9.23. The summed E-state index contributed by atoms with van der Waals surface area (Å²) in [5.74, 6) is -0.317. The molecule has 4 nitrogen and oxygen atoms in total. The van der Waals surface area contributed by atoms with Gasteiger partial charge in [0.25, 0.3) is 0 Å². The summed E-state index contributed by atoms with van der Waals surface area (Å²) in [6, 6.07) is 7.77. The molecular weight excluding hydrogens is 206 g/mol. The number of hydrogen-bond donors (Lipinski definition) is 1. The number of fused-ring (bicyclic) bond motifs is 1. The van der Waals surface area contributed by atoms with Crippen LogP contribution in [-0.4, -0.2) is 19.7 Å². The summed E-state index contributed by atoms with van der Waals surface area (Å²) in [5.41, 5.74) is 7.48. The highest BCUT2D eigenvalue weighted by Gasteiger charge is 2.35. The van der Waals surface area contributed by atoms with E-state index in [1.54, 1.807) is 0 Å². The molecular formula is C12H15NO3. The summed E-state index contributed by atoms with van der Waals surface area (Å²) in [6.07, 6.45) is 0.139. The van der Waals surface area contributed by atoms with Crippen molar-refractivity contribution >= 4 is 5.97 Å². The van der Waals surface area contributed by atoms with Gasteiger partial charge in [0.15, 0.2) is 0 Å². The lowest BCUT2D eigenvalue weighted by Gasteiger charge is -2.34. The fraction of sp³-hybridized carbons (Fsp3) is 0.417. The van der Waals surface area contributed by atoms with E-state index in [1.165, 1.54) is 7.11 Å². The predicted octanol–water partition coefficient (Wildman–Crippen LogP) is 0.934. The summed E-state index contributed by atoms with van der Waals surface area (Å²) < 4.78 is 10.1. The van der Waals surface area contributed by atoms with Gasteiger partial charge in [0.1, 0.15) is 0 Å². The highest BCUT2D eigenvalue weighted by Crippen LogP contribution is 2.31. The molecule has 86 valence electrons. The lowest BCUT2D eigenvalue weighted by Crippen LogP contribution is -2.46. The molecule has 0 saturated carbocycles.